The van der Waals surface area contributed by atoms with Crippen LogP contribution in [-0.2, 0) is 9.05 Å². The molecule has 0 N–H and O–H groups in total. The highest BCUT2D eigenvalue weighted by atomic mass is 35.7. The van der Waals surface area contributed by atoms with E-state index >= 15 is 0 Å². The van der Waals surface area contributed by atoms with Crippen molar-refractivity contribution < 1.29 is 13.2 Å². The lowest BCUT2D eigenvalue weighted by Gasteiger charge is -2.28. The lowest BCUT2D eigenvalue weighted by atomic mass is 10.0. The molecule has 0 aromatic heterocycles. The van der Waals surface area contributed by atoms with E-state index in [4.69, 9.17) is 10.7 Å². The van der Waals surface area contributed by atoms with E-state index in [2.05, 4.69) is 0 Å². The Morgan fingerprint density at radius 2 is 1.81 bits per heavy atom. The monoisotopic (exact) mass is 331 g/mol. The van der Waals surface area contributed by atoms with Crippen LogP contribution in [-0.4, -0.2) is 31.8 Å². The predicted molar refractivity (Wildman–Crippen MR) is 85.4 cm³/mol. The SMILES string of the molecule is CCC(C)N(CC)C(=O)c1cc(S(=O)(=O)Cl)c(C)cc1C. The van der Waals surface area contributed by atoms with E-state index in [0.717, 1.165) is 12.0 Å². The van der Waals surface area contributed by atoms with Gasteiger partial charge in [0.25, 0.3) is 15.0 Å². The van der Waals surface area contributed by atoms with Crippen molar-refractivity contribution in [3.05, 3.63) is 28.8 Å². The van der Waals surface area contributed by atoms with Gasteiger partial charge < -0.3 is 4.90 Å². The maximum Gasteiger partial charge on any atom is 0.261 e. The van der Waals surface area contributed by atoms with Gasteiger partial charge in [-0.2, -0.15) is 0 Å². The minimum Gasteiger partial charge on any atom is -0.336 e. The van der Waals surface area contributed by atoms with Crippen LogP contribution in [0.15, 0.2) is 17.0 Å². The van der Waals surface area contributed by atoms with E-state index in [9.17, 15) is 13.2 Å². The van der Waals surface area contributed by atoms with Gasteiger partial charge in [-0.05, 0) is 51.3 Å². The number of carbonyl (C=O) groups excluding carboxylic acids is 1. The van der Waals surface area contributed by atoms with Crippen LogP contribution >= 0.6 is 10.7 Å². The Labute approximate surface area is 131 Å². The van der Waals surface area contributed by atoms with Gasteiger partial charge in [0, 0.05) is 28.8 Å². The van der Waals surface area contributed by atoms with Gasteiger partial charge in [-0.3, -0.25) is 4.79 Å². The third kappa shape index (κ3) is 3.98. The summed E-state index contributed by atoms with van der Waals surface area (Å²) in [5, 5.41) is 0. The fourth-order valence-corrected chi connectivity index (χ4v) is 3.56. The summed E-state index contributed by atoms with van der Waals surface area (Å²) in [4.78, 5) is 14.4. The van der Waals surface area contributed by atoms with E-state index in [1.807, 2.05) is 20.8 Å². The Morgan fingerprint density at radius 1 is 1.24 bits per heavy atom. The van der Waals surface area contributed by atoms with Crippen LogP contribution in [0.5, 0.6) is 0 Å². The minimum absolute atomic E-state index is 0.00155. The second kappa shape index (κ2) is 6.79. The smallest absolute Gasteiger partial charge is 0.261 e. The number of benzene rings is 1. The third-order valence-electron chi connectivity index (χ3n) is 3.74. The lowest BCUT2D eigenvalue weighted by molar-refractivity contribution is 0.0699. The van der Waals surface area contributed by atoms with Crippen LogP contribution < -0.4 is 0 Å². The number of hydrogen-bond acceptors (Lipinski definition) is 3. The first-order chi connectivity index (χ1) is 9.63. The molecule has 1 atom stereocenters. The summed E-state index contributed by atoms with van der Waals surface area (Å²) in [5.41, 5.74) is 1.69. The molecule has 0 bridgehead atoms. The topological polar surface area (TPSA) is 54.5 Å². The zero-order chi connectivity index (χ0) is 16.4. The van der Waals surface area contributed by atoms with Gasteiger partial charge in [-0.25, -0.2) is 8.42 Å². The summed E-state index contributed by atoms with van der Waals surface area (Å²) in [6.07, 6.45) is 0.838. The molecule has 0 heterocycles. The summed E-state index contributed by atoms with van der Waals surface area (Å²) in [7, 11) is 1.58. The molecule has 1 rings (SSSR count). The molecule has 1 unspecified atom stereocenters. The Balaban J connectivity index is 3.40. The molecule has 0 spiro atoms. The average molecular weight is 332 g/mol. The zero-order valence-electron chi connectivity index (χ0n) is 13.1. The zero-order valence-corrected chi connectivity index (χ0v) is 14.7. The number of amides is 1. The van der Waals surface area contributed by atoms with Crippen LogP contribution in [0.3, 0.4) is 0 Å². The highest BCUT2D eigenvalue weighted by Crippen LogP contribution is 2.25. The Morgan fingerprint density at radius 3 is 2.24 bits per heavy atom. The first-order valence-corrected chi connectivity index (χ1v) is 9.31. The number of carbonyl (C=O) groups is 1. The maximum atomic E-state index is 12.7. The van der Waals surface area contributed by atoms with Crippen molar-refractivity contribution in [2.45, 2.75) is 52.0 Å². The van der Waals surface area contributed by atoms with Crippen LogP contribution in [0.25, 0.3) is 0 Å². The summed E-state index contributed by atoms with van der Waals surface area (Å²) in [6, 6.07) is 3.17. The summed E-state index contributed by atoms with van der Waals surface area (Å²) >= 11 is 0. The van der Waals surface area contributed by atoms with Crippen LogP contribution in [0, 0.1) is 13.8 Å². The quantitative estimate of drug-likeness (QED) is 0.776. The molecule has 1 aromatic carbocycles. The first-order valence-electron chi connectivity index (χ1n) is 7.00. The summed E-state index contributed by atoms with van der Waals surface area (Å²) in [5.74, 6) is -0.161. The molecule has 4 nitrogen and oxygen atoms in total. The molecule has 118 valence electrons. The summed E-state index contributed by atoms with van der Waals surface area (Å²) in [6.45, 7) is 9.94. The second-order valence-electron chi connectivity index (χ2n) is 5.22. The van der Waals surface area contributed by atoms with E-state index in [0.29, 0.717) is 17.7 Å². The van der Waals surface area contributed by atoms with Crippen LogP contribution in [0.2, 0.25) is 0 Å². The van der Waals surface area contributed by atoms with Crippen LogP contribution in [0.4, 0.5) is 0 Å². The van der Waals surface area contributed by atoms with Crippen molar-refractivity contribution in [1.29, 1.82) is 0 Å². The highest BCUT2D eigenvalue weighted by molar-refractivity contribution is 8.13. The van der Waals surface area contributed by atoms with Gasteiger partial charge in [-0.15, -0.1) is 0 Å². The number of nitrogens with zero attached hydrogens (tertiary/aromatic N) is 1. The van der Waals surface area contributed by atoms with Gasteiger partial charge in [0.15, 0.2) is 0 Å². The molecule has 0 radical (unpaired) electrons. The molecule has 1 aromatic rings. The Bertz CT molecular complexity index is 641. The lowest BCUT2D eigenvalue weighted by Crippen LogP contribution is -2.38. The summed E-state index contributed by atoms with van der Waals surface area (Å²) < 4.78 is 23.2. The Hall–Kier alpha value is -1.07. The fraction of sp³-hybridized carbons (Fsp3) is 0.533. The van der Waals surface area contributed by atoms with E-state index in [1.54, 1.807) is 24.8 Å². The standard InChI is InChI=1S/C15H22ClNO3S/c1-6-12(5)17(7-2)15(18)13-9-14(21(16,19)20)11(4)8-10(13)3/h8-9,12H,6-7H2,1-5H3. The number of halogens is 1. The largest absolute Gasteiger partial charge is 0.336 e. The van der Waals surface area contributed by atoms with E-state index in [-0.39, 0.29) is 16.8 Å². The third-order valence-corrected chi connectivity index (χ3v) is 5.20. The minimum atomic E-state index is -3.86. The fourth-order valence-electron chi connectivity index (χ4n) is 2.36. The molecule has 1 amide bonds. The molecule has 6 heteroatoms. The molecular formula is C15H22ClNO3S. The first kappa shape index (κ1) is 18.0. The van der Waals surface area contributed by atoms with Gasteiger partial charge in [0.2, 0.25) is 0 Å². The van der Waals surface area contributed by atoms with Gasteiger partial charge in [-0.1, -0.05) is 13.0 Å². The molecule has 21 heavy (non-hydrogen) atoms. The maximum absolute atomic E-state index is 12.7. The molecule has 0 fully saturated rings. The Kier molecular flexibility index (Phi) is 5.82. The van der Waals surface area contributed by atoms with Crippen molar-refractivity contribution >= 4 is 25.6 Å². The van der Waals surface area contributed by atoms with Gasteiger partial charge in [0.05, 0.1) is 4.90 Å². The molecule has 0 saturated heterocycles. The van der Waals surface area contributed by atoms with Crippen molar-refractivity contribution in [3.8, 4) is 0 Å². The van der Waals surface area contributed by atoms with Crippen molar-refractivity contribution in [1.82, 2.24) is 4.90 Å². The molecule has 0 saturated carbocycles. The van der Waals surface area contributed by atoms with Crippen molar-refractivity contribution in [3.63, 3.8) is 0 Å². The average Bonchev–Trinajstić information content (AvgIpc) is 2.37. The van der Waals surface area contributed by atoms with E-state index < -0.39 is 9.05 Å². The van der Waals surface area contributed by atoms with Gasteiger partial charge >= 0.3 is 0 Å². The van der Waals surface area contributed by atoms with Crippen LogP contribution in [0.1, 0.15) is 48.7 Å². The highest BCUT2D eigenvalue weighted by Gasteiger charge is 2.23. The van der Waals surface area contributed by atoms with Crippen molar-refractivity contribution in [2.24, 2.45) is 0 Å². The number of aryl methyl sites for hydroxylation is 2. The number of rotatable bonds is 5. The molecule has 0 aliphatic rings. The molecular weight excluding hydrogens is 310 g/mol. The number of hydrogen-bond donors (Lipinski definition) is 0. The molecule has 0 aliphatic carbocycles. The second-order valence-corrected chi connectivity index (χ2v) is 7.75. The normalized spacial score (nSPS) is 13.0. The predicted octanol–water partition coefficient (Wildman–Crippen LogP) is 3.49. The van der Waals surface area contributed by atoms with Gasteiger partial charge in [0.1, 0.15) is 0 Å². The van der Waals surface area contributed by atoms with E-state index in [1.165, 1.54) is 6.07 Å². The van der Waals surface area contributed by atoms with Crippen molar-refractivity contribution in [2.75, 3.05) is 6.54 Å². The molecule has 0 aliphatic heterocycles.